The zero-order chi connectivity index (χ0) is 13.8. The third kappa shape index (κ3) is 7.56. The van der Waals surface area contributed by atoms with Gasteiger partial charge in [0.1, 0.15) is 0 Å². The molecule has 0 spiro atoms. The fraction of sp³-hybridized carbons (Fsp3) is 0.938. The summed E-state index contributed by atoms with van der Waals surface area (Å²) in [6.45, 7) is 3.32. The van der Waals surface area contributed by atoms with Crippen LogP contribution in [0.2, 0.25) is 0 Å². The predicted molar refractivity (Wildman–Crippen MR) is 82.1 cm³/mol. The predicted octanol–water partition coefficient (Wildman–Crippen LogP) is 4.49. The Labute approximate surface area is 118 Å². The number of oxime groups is 1. The quantitative estimate of drug-likeness (QED) is 0.387. The lowest BCUT2D eigenvalue weighted by atomic mass is 9.95. The molecule has 1 atom stereocenters. The van der Waals surface area contributed by atoms with E-state index in [1.54, 1.807) is 0 Å². The molecule has 1 aliphatic carbocycles. The van der Waals surface area contributed by atoms with E-state index in [9.17, 15) is 0 Å². The Morgan fingerprint density at radius 3 is 2.58 bits per heavy atom. The van der Waals surface area contributed by atoms with Gasteiger partial charge in [0.25, 0.3) is 0 Å². The van der Waals surface area contributed by atoms with Crippen molar-refractivity contribution in [2.75, 3.05) is 6.54 Å². The van der Waals surface area contributed by atoms with Gasteiger partial charge in [0, 0.05) is 6.04 Å². The summed E-state index contributed by atoms with van der Waals surface area (Å²) in [6, 6.07) is 0.320. The van der Waals surface area contributed by atoms with Crippen LogP contribution < -0.4 is 5.32 Å². The lowest BCUT2D eigenvalue weighted by Gasteiger charge is -2.22. The Balaban J connectivity index is 2.14. The average molecular weight is 268 g/mol. The largest absolute Gasteiger partial charge is 0.411 e. The van der Waals surface area contributed by atoms with Gasteiger partial charge in [0.2, 0.25) is 0 Å². The topological polar surface area (TPSA) is 44.6 Å². The normalized spacial score (nSPS) is 23.2. The number of nitrogens with zero attached hydrogens (tertiary/aromatic N) is 1. The molecule has 112 valence electrons. The fourth-order valence-corrected chi connectivity index (χ4v) is 2.87. The first-order valence-electron chi connectivity index (χ1n) is 8.32. The highest BCUT2D eigenvalue weighted by atomic mass is 16.4. The van der Waals surface area contributed by atoms with Crippen molar-refractivity contribution in [1.29, 1.82) is 0 Å². The van der Waals surface area contributed by atoms with Crippen LogP contribution in [0.1, 0.15) is 84.0 Å². The smallest absolute Gasteiger partial charge is 0.0739 e. The van der Waals surface area contributed by atoms with Crippen LogP contribution >= 0.6 is 0 Å². The molecule has 0 amide bonds. The molecule has 1 rings (SSSR count). The van der Waals surface area contributed by atoms with Gasteiger partial charge in [-0.3, -0.25) is 0 Å². The number of hydrogen-bond acceptors (Lipinski definition) is 3. The monoisotopic (exact) mass is 268 g/mol. The highest BCUT2D eigenvalue weighted by molar-refractivity contribution is 5.89. The van der Waals surface area contributed by atoms with Gasteiger partial charge in [0.15, 0.2) is 0 Å². The molecule has 0 saturated heterocycles. The lowest BCUT2D eigenvalue weighted by Crippen LogP contribution is -2.38. The molecule has 0 unspecified atom stereocenters. The van der Waals surface area contributed by atoms with Crippen LogP contribution in [-0.2, 0) is 0 Å². The van der Waals surface area contributed by atoms with Crippen molar-refractivity contribution in [3.63, 3.8) is 0 Å². The maximum atomic E-state index is 9.13. The van der Waals surface area contributed by atoms with Crippen LogP contribution in [0.4, 0.5) is 0 Å². The average Bonchev–Trinajstić information content (AvgIpc) is 2.40. The summed E-state index contributed by atoms with van der Waals surface area (Å²) in [4.78, 5) is 0. The van der Waals surface area contributed by atoms with Gasteiger partial charge in [0.05, 0.1) is 5.71 Å². The zero-order valence-electron chi connectivity index (χ0n) is 12.7. The van der Waals surface area contributed by atoms with Crippen LogP contribution in [0, 0.1) is 0 Å². The van der Waals surface area contributed by atoms with Crippen LogP contribution in [0.5, 0.6) is 0 Å². The van der Waals surface area contributed by atoms with Crippen molar-refractivity contribution >= 4 is 5.71 Å². The van der Waals surface area contributed by atoms with Gasteiger partial charge in [-0.15, -0.1) is 0 Å². The van der Waals surface area contributed by atoms with Gasteiger partial charge in [-0.25, -0.2) is 0 Å². The van der Waals surface area contributed by atoms with Crippen LogP contribution in [0.25, 0.3) is 0 Å². The number of nitrogens with one attached hydrogen (secondary N) is 1. The van der Waals surface area contributed by atoms with E-state index in [4.69, 9.17) is 5.21 Å². The molecule has 1 aliphatic rings. The van der Waals surface area contributed by atoms with E-state index in [0.717, 1.165) is 25.1 Å². The van der Waals surface area contributed by atoms with Crippen molar-refractivity contribution in [2.45, 2.75) is 90.0 Å². The molecule has 0 heterocycles. The maximum Gasteiger partial charge on any atom is 0.0739 e. The summed E-state index contributed by atoms with van der Waals surface area (Å²) < 4.78 is 0. The highest BCUT2D eigenvalue weighted by Crippen LogP contribution is 2.16. The summed E-state index contributed by atoms with van der Waals surface area (Å²) >= 11 is 0. The van der Waals surface area contributed by atoms with Gasteiger partial charge < -0.3 is 10.5 Å². The summed E-state index contributed by atoms with van der Waals surface area (Å²) in [6.07, 6.45) is 15.1. The summed E-state index contributed by atoms with van der Waals surface area (Å²) in [5, 5.41) is 16.2. The first kappa shape index (κ1) is 16.5. The van der Waals surface area contributed by atoms with Crippen LogP contribution in [-0.4, -0.2) is 23.5 Å². The minimum absolute atomic E-state index is 0.320. The first-order chi connectivity index (χ1) is 9.38. The number of unbranched alkanes of at least 4 members (excludes halogenated alkanes) is 5. The highest BCUT2D eigenvalue weighted by Gasteiger charge is 2.17. The van der Waals surface area contributed by atoms with Gasteiger partial charge in [-0.2, -0.15) is 0 Å². The van der Waals surface area contributed by atoms with E-state index < -0.39 is 0 Å². The summed E-state index contributed by atoms with van der Waals surface area (Å²) in [5.74, 6) is 0. The van der Waals surface area contributed by atoms with E-state index in [2.05, 4.69) is 17.4 Å². The van der Waals surface area contributed by atoms with E-state index in [0.29, 0.717) is 6.04 Å². The van der Waals surface area contributed by atoms with Gasteiger partial charge in [-0.05, 0) is 32.2 Å². The van der Waals surface area contributed by atoms with Gasteiger partial charge in [-0.1, -0.05) is 63.4 Å². The van der Waals surface area contributed by atoms with Crippen LogP contribution in [0.3, 0.4) is 0 Å². The molecule has 0 aromatic carbocycles. The van der Waals surface area contributed by atoms with Gasteiger partial charge >= 0.3 is 0 Å². The molecule has 0 aromatic rings. The third-order valence-electron chi connectivity index (χ3n) is 4.13. The summed E-state index contributed by atoms with van der Waals surface area (Å²) in [7, 11) is 0. The Morgan fingerprint density at radius 2 is 1.79 bits per heavy atom. The minimum Gasteiger partial charge on any atom is -0.411 e. The fourth-order valence-electron chi connectivity index (χ4n) is 2.87. The molecule has 0 aliphatic heterocycles. The second kappa shape index (κ2) is 11.3. The zero-order valence-corrected chi connectivity index (χ0v) is 12.7. The minimum atomic E-state index is 0.320. The molecular weight excluding hydrogens is 236 g/mol. The second-order valence-electron chi connectivity index (χ2n) is 5.82. The molecule has 1 saturated carbocycles. The van der Waals surface area contributed by atoms with Crippen molar-refractivity contribution in [1.82, 2.24) is 5.32 Å². The molecule has 19 heavy (non-hydrogen) atoms. The van der Waals surface area contributed by atoms with Crippen molar-refractivity contribution in [2.24, 2.45) is 5.16 Å². The summed E-state index contributed by atoms with van der Waals surface area (Å²) in [5.41, 5.74) is 0.977. The molecule has 2 N–H and O–H groups in total. The Kier molecular flexibility index (Phi) is 9.78. The van der Waals surface area contributed by atoms with E-state index in [1.807, 2.05) is 0 Å². The Hall–Kier alpha value is -0.570. The molecular formula is C16H32N2O. The standard InChI is InChI=1S/C16H32N2O/c1-2-3-4-5-8-11-14-17-15-12-9-6-7-10-13-16(15)18-19/h15,17,19H,2-14H2,1H3/b18-16-/t15-/m0/s1. The lowest BCUT2D eigenvalue weighted by molar-refractivity contribution is 0.311. The molecule has 3 nitrogen and oxygen atoms in total. The SMILES string of the molecule is CCCCCCCCN[C@H]1CCCCCC/C1=N/O. The van der Waals surface area contributed by atoms with Crippen molar-refractivity contribution in [3.05, 3.63) is 0 Å². The molecule has 0 bridgehead atoms. The molecule has 1 fully saturated rings. The van der Waals surface area contributed by atoms with Crippen LogP contribution in [0.15, 0.2) is 5.16 Å². The molecule has 0 aromatic heterocycles. The number of rotatable bonds is 8. The molecule has 0 radical (unpaired) electrons. The maximum absolute atomic E-state index is 9.13. The van der Waals surface area contributed by atoms with E-state index in [1.165, 1.54) is 64.2 Å². The number of hydrogen-bond donors (Lipinski definition) is 2. The molecule has 3 heteroatoms. The van der Waals surface area contributed by atoms with E-state index in [-0.39, 0.29) is 0 Å². The first-order valence-corrected chi connectivity index (χ1v) is 8.32. The van der Waals surface area contributed by atoms with Crippen molar-refractivity contribution in [3.8, 4) is 0 Å². The third-order valence-corrected chi connectivity index (χ3v) is 4.13. The second-order valence-corrected chi connectivity index (χ2v) is 5.82. The Bertz CT molecular complexity index is 241. The van der Waals surface area contributed by atoms with Crippen molar-refractivity contribution < 1.29 is 5.21 Å². The Morgan fingerprint density at radius 1 is 1.05 bits per heavy atom. The van der Waals surface area contributed by atoms with E-state index >= 15 is 0 Å².